The summed E-state index contributed by atoms with van der Waals surface area (Å²) in [6.07, 6.45) is 0. The van der Waals surface area contributed by atoms with Gasteiger partial charge < -0.3 is 15.0 Å². The van der Waals surface area contributed by atoms with Crippen molar-refractivity contribution in [3.05, 3.63) is 70.8 Å². The average molecular weight is 391 g/mol. The topological polar surface area (TPSA) is 75.7 Å². The molecule has 2 aromatic heterocycles. The van der Waals surface area contributed by atoms with Crippen LogP contribution < -0.4 is 5.32 Å². The molecule has 0 aliphatic rings. The molecule has 0 radical (unpaired) electrons. The summed E-state index contributed by atoms with van der Waals surface area (Å²) >= 11 is 0. The van der Waals surface area contributed by atoms with Gasteiger partial charge >= 0.3 is 0 Å². The third-order valence-corrected chi connectivity index (χ3v) is 4.84. The first-order chi connectivity index (χ1) is 14.1. The van der Waals surface area contributed by atoms with Crippen LogP contribution in [0.1, 0.15) is 22.5 Å². The molecule has 148 valence electrons. The van der Waals surface area contributed by atoms with Gasteiger partial charge in [0.25, 0.3) is 0 Å². The van der Waals surface area contributed by atoms with E-state index in [2.05, 4.69) is 20.5 Å². The number of H-pyrrole nitrogens is 1. The minimum atomic E-state index is -0.260. The summed E-state index contributed by atoms with van der Waals surface area (Å²) in [5.74, 6) is 0.903. The number of hydrogen-bond acceptors (Lipinski definition) is 5. The number of aromatic amines is 1. The second-order valence-electron chi connectivity index (χ2n) is 6.95. The summed E-state index contributed by atoms with van der Waals surface area (Å²) in [5.41, 5.74) is 5.48. The maximum Gasteiger partial charge on any atom is 0.186 e. The van der Waals surface area contributed by atoms with Gasteiger partial charge in [0.15, 0.2) is 11.6 Å². The first-order valence-electron chi connectivity index (χ1n) is 9.36. The van der Waals surface area contributed by atoms with E-state index in [1.165, 1.54) is 12.1 Å². The smallest absolute Gasteiger partial charge is 0.186 e. The fraction of sp³-hybridized carbons (Fsp3) is 0.227. The van der Waals surface area contributed by atoms with Crippen LogP contribution in [0.4, 0.5) is 10.2 Å². The van der Waals surface area contributed by atoms with Crippen LogP contribution in [-0.4, -0.2) is 27.3 Å². The summed E-state index contributed by atoms with van der Waals surface area (Å²) in [6, 6.07) is 12.5. The Balaban J connectivity index is 1.70. The average Bonchev–Trinajstić information content (AvgIpc) is 3.05. The molecule has 4 rings (SSSR count). The van der Waals surface area contributed by atoms with E-state index in [0.717, 1.165) is 33.3 Å². The van der Waals surface area contributed by atoms with E-state index in [0.29, 0.717) is 30.5 Å². The number of aryl methyl sites for hydroxylation is 2. The van der Waals surface area contributed by atoms with Crippen LogP contribution in [0.15, 0.2) is 42.5 Å². The molecule has 0 bridgehead atoms. The zero-order valence-electron chi connectivity index (χ0n) is 16.6. The molecule has 0 unspecified atom stereocenters. The van der Waals surface area contributed by atoms with Gasteiger partial charge in [-0.1, -0.05) is 30.3 Å². The van der Waals surface area contributed by atoms with Crippen LogP contribution in [0, 0.1) is 19.7 Å². The number of ether oxygens (including phenoxy) is 1. The number of halogens is 1. The van der Waals surface area contributed by atoms with Gasteiger partial charge in [0, 0.05) is 35.9 Å². The minimum absolute atomic E-state index is 0.260. The van der Waals surface area contributed by atoms with Crippen molar-refractivity contribution in [3.63, 3.8) is 0 Å². The number of fused-ring (bicyclic) bond motifs is 1. The molecule has 0 atom stereocenters. The van der Waals surface area contributed by atoms with E-state index >= 15 is 0 Å². The van der Waals surface area contributed by atoms with Crippen LogP contribution in [0.25, 0.3) is 22.3 Å². The molecule has 0 aliphatic heterocycles. The number of benzene rings is 2. The Morgan fingerprint density at radius 3 is 2.72 bits per heavy atom. The lowest BCUT2D eigenvalue weighted by atomic mass is 10.1. The third kappa shape index (κ3) is 3.82. The summed E-state index contributed by atoms with van der Waals surface area (Å²) in [4.78, 5) is 8.14. The lowest BCUT2D eigenvalue weighted by Gasteiger charge is -2.09. The van der Waals surface area contributed by atoms with Gasteiger partial charge in [-0.05, 0) is 31.5 Å². The predicted octanol–water partition coefficient (Wildman–Crippen LogP) is 4.53. The second-order valence-corrected chi connectivity index (χ2v) is 6.95. The van der Waals surface area contributed by atoms with Gasteiger partial charge in [0.05, 0.1) is 12.1 Å². The monoisotopic (exact) mass is 391 g/mol. The molecule has 0 spiro atoms. The number of aromatic nitrogens is 4. The lowest BCUT2D eigenvalue weighted by molar-refractivity contribution is 0.186. The van der Waals surface area contributed by atoms with Crippen LogP contribution in [0.5, 0.6) is 0 Å². The van der Waals surface area contributed by atoms with Crippen molar-refractivity contribution in [1.29, 1.82) is 0 Å². The second kappa shape index (κ2) is 7.97. The quantitative estimate of drug-likeness (QED) is 0.505. The zero-order chi connectivity index (χ0) is 20.4. The molecule has 7 heteroatoms. The first kappa shape index (κ1) is 19.0. The Morgan fingerprint density at radius 1 is 1.10 bits per heavy atom. The Morgan fingerprint density at radius 2 is 1.93 bits per heavy atom. The number of methoxy groups -OCH3 is 1. The van der Waals surface area contributed by atoms with Crippen LogP contribution >= 0.6 is 0 Å². The summed E-state index contributed by atoms with van der Waals surface area (Å²) < 4.78 is 18.7. The van der Waals surface area contributed by atoms with E-state index in [1.807, 2.05) is 38.1 Å². The first-order valence-corrected chi connectivity index (χ1v) is 9.36. The minimum Gasteiger partial charge on any atom is -0.380 e. The van der Waals surface area contributed by atoms with Gasteiger partial charge in [0.2, 0.25) is 0 Å². The van der Waals surface area contributed by atoms with Gasteiger partial charge in [0.1, 0.15) is 11.5 Å². The van der Waals surface area contributed by atoms with Crippen molar-refractivity contribution >= 4 is 16.7 Å². The molecule has 2 heterocycles. The molecular weight excluding hydrogens is 369 g/mol. The SMILES string of the molecule is COCc1cccc2c(-c3nnc(C)c(NCc4cccc(F)c4)n3)c(C)[nH]c12. The normalized spacial score (nSPS) is 11.2. The summed E-state index contributed by atoms with van der Waals surface area (Å²) in [6.45, 7) is 4.80. The van der Waals surface area contributed by atoms with Crippen LogP contribution in [0.2, 0.25) is 0 Å². The number of hydrogen-bond donors (Lipinski definition) is 2. The Kier molecular flexibility index (Phi) is 5.22. The van der Waals surface area contributed by atoms with Crippen molar-refractivity contribution in [3.8, 4) is 11.4 Å². The van der Waals surface area contributed by atoms with E-state index in [1.54, 1.807) is 13.2 Å². The van der Waals surface area contributed by atoms with Crippen molar-refractivity contribution in [2.24, 2.45) is 0 Å². The highest BCUT2D eigenvalue weighted by Crippen LogP contribution is 2.32. The summed E-state index contributed by atoms with van der Waals surface area (Å²) in [7, 11) is 1.68. The molecule has 2 aromatic carbocycles. The molecule has 6 nitrogen and oxygen atoms in total. The molecule has 29 heavy (non-hydrogen) atoms. The van der Waals surface area contributed by atoms with Crippen LogP contribution in [0.3, 0.4) is 0 Å². The molecule has 0 aliphatic carbocycles. The lowest BCUT2D eigenvalue weighted by Crippen LogP contribution is -2.07. The van der Waals surface area contributed by atoms with Gasteiger partial charge in [-0.2, -0.15) is 0 Å². The molecule has 0 saturated heterocycles. The Labute approximate surface area is 168 Å². The Bertz CT molecular complexity index is 1170. The third-order valence-electron chi connectivity index (χ3n) is 4.84. The number of rotatable bonds is 6. The fourth-order valence-electron chi connectivity index (χ4n) is 3.46. The largest absolute Gasteiger partial charge is 0.380 e. The highest BCUT2D eigenvalue weighted by Gasteiger charge is 2.17. The molecular formula is C22H22FN5O. The fourth-order valence-corrected chi connectivity index (χ4v) is 3.46. The number of nitrogens with one attached hydrogen (secondary N) is 2. The highest BCUT2D eigenvalue weighted by atomic mass is 19.1. The van der Waals surface area contributed by atoms with Gasteiger partial charge in [-0.25, -0.2) is 9.37 Å². The van der Waals surface area contributed by atoms with E-state index in [-0.39, 0.29) is 5.82 Å². The Hall–Kier alpha value is -3.32. The molecule has 0 saturated carbocycles. The summed E-state index contributed by atoms with van der Waals surface area (Å²) in [5, 5.41) is 12.9. The maximum atomic E-state index is 13.4. The molecule has 4 aromatic rings. The van der Waals surface area contributed by atoms with Crippen molar-refractivity contribution in [2.75, 3.05) is 12.4 Å². The molecule has 0 amide bonds. The van der Waals surface area contributed by atoms with Gasteiger partial charge in [-0.15, -0.1) is 10.2 Å². The predicted molar refractivity (Wildman–Crippen MR) is 111 cm³/mol. The van der Waals surface area contributed by atoms with Crippen LogP contribution in [-0.2, 0) is 17.9 Å². The van der Waals surface area contributed by atoms with Gasteiger partial charge in [-0.3, -0.25) is 0 Å². The zero-order valence-corrected chi connectivity index (χ0v) is 16.6. The van der Waals surface area contributed by atoms with E-state index in [9.17, 15) is 4.39 Å². The van der Waals surface area contributed by atoms with Crippen molar-refractivity contribution in [2.45, 2.75) is 27.0 Å². The molecule has 2 N–H and O–H groups in total. The standard InChI is InChI=1S/C22H22FN5O/c1-13-19(18-9-5-7-16(12-29-3)20(18)25-13)22-26-21(14(2)27-28-22)24-11-15-6-4-8-17(23)10-15/h4-10,25H,11-12H2,1-3H3,(H,24,26,28). The number of nitrogens with zero attached hydrogens (tertiary/aromatic N) is 3. The molecule has 0 fully saturated rings. The highest BCUT2D eigenvalue weighted by molar-refractivity contribution is 5.97. The van der Waals surface area contributed by atoms with Crippen molar-refractivity contribution < 1.29 is 9.13 Å². The number of para-hydroxylation sites is 1. The van der Waals surface area contributed by atoms with E-state index in [4.69, 9.17) is 9.72 Å². The van der Waals surface area contributed by atoms with E-state index < -0.39 is 0 Å². The van der Waals surface area contributed by atoms with Crippen molar-refractivity contribution in [1.82, 2.24) is 20.2 Å². The number of anilines is 1. The maximum absolute atomic E-state index is 13.4.